The fourth-order valence-corrected chi connectivity index (χ4v) is 1.97. The second kappa shape index (κ2) is 6.91. The van der Waals surface area contributed by atoms with Crippen LogP contribution in [0.4, 0.5) is 10.2 Å². The summed E-state index contributed by atoms with van der Waals surface area (Å²) in [6.07, 6.45) is 0. The maximum absolute atomic E-state index is 12.9. The van der Waals surface area contributed by atoms with Crippen molar-refractivity contribution in [2.24, 2.45) is 0 Å². The summed E-state index contributed by atoms with van der Waals surface area (Å²) >= 11 is 0. The molecule has 3 nitrogen and oxygen atoms in total. The summed E-state index contributed by atoms with van der Waals surface area (Å²) in [7, 11) is 0. The first-order valence-corrected chi connectivity index (χ1v) is 6.47. The van der Waals surface area contributed by atoms with Crippen molar-refractivity contribution in [2.75, 3.05) is 5.73 Å². The average Bonchev–Trinajstić information content (AvgIpc) is 2.50. The summed E-state index contributed by atoms with van der Waals surface area (Å²) < 4.78 is 18.6. The molecule has 0 radical (unpaired) electrons. The van der Waals surface area contributed by atoms with E-state index in [1.807, 2.05) is 36.4 Å². The first kappa shape index (κ1) is 15.8. The second-order valence-corrected chi connectivity index (χ2v) is 4.53. The number of nitrogen functional groups attached to an aromatic ring is 1. The zero-order chi connectivity index (χ0) is 14.7. The van der Waals surface area contributed by atoms with E-state index in [1.54, 1.807) is 18.2 Å². The molecule has 22 heavy (non-hydrogen) atoms. The van der Waals surface area contributed by atoms with Crippen LogP contribution in [0.25, 0.3) is 11.3 Å². The van der Waals surface area contributed by atoms with E-state index >= 15 is 0 Å². The van der Waals surface area contributed by atoms with Gasteiger partial charge in [-0.2, -0.15) is 0 Å². The molecule has 3 aromatic rings. The van der Waals surface area contributed by atoms with Gasteiger partial charge in [0.25, 0.3) is 0 Å². The van der Waals surface area contributed by atoms with Crippen molar-refractivity contribution in [3.63, 3.8) is 0 Å². The number of nitrogens with zero attached hydrogens (tertiary/aromatic N) is 1. The maximum atomic E-state index is 12.9. The number of halogens is 2. The molecule has 0 aliphatic heterocycles. The van der Waals surface area contributed by atoms with Gasteiger partial charge in [-0.15, -0.1) is 12.4 Å². The summed E-state index contributed by atoms with van der Waals surface area (Å²) in [4.78, 5) is 4.28. The summed E-state index contributed by atoms with van der Waals surface area (Å²) in [5.41, 5.74) is 7.38. The lowest BCUT2D eigenvalue weighted by Gasteiger charge is -2.08. The summed E-state index contributed by atoms with van der Waals surface area (Å²) in [5.74, 6) is 1.41. The molecule has 1 heterocycles. The molecule has 0 fully saturated rings. The van der Waals surface area contributed by atoms with Crippen molar-refractivity contribution in [1.29, 1.82) is 0 Å². The number of hydrogen-bond acceptors (Lipinski definition) is 3. The van der Waals surface area contributed by atoms with Crippen LogP contribution in [0.15, 0.2) is 66.7 Å². The van der Waals surface area contributed by atoms with Gasteiger partial charge >= 0.3 is 0 Å². The average molecular weight is 317 g/mol. The molecule has 112 valence electrons. The standard InChI is InChI=1S/C17H13FN2O.ClH/c18-13-7-9-14(10-8-13)21-15-4-1-3-12(11-15)16-5-2-6-17(19)20-16;/h1-11H,(H2,19,20);1H. The molecule has 5 heteroatoms. The van der Waals surface area contributed by atoms with Crippen LogP contribution >= 0.6 is 12.4 Å². The van der Waals surface area contributed by atoms with E-state index in [9.17, 15) is 4.39 Å². The van der Waals surface area contributed by atoms with Crippen molar-refractivity contribution < 1.29 is 9.13 Å². The summed E-state index contributed by atoms with van der Waals surface area (Å²) in [6.45, 7) is 0. The third-order valence-corrected chi connectivity index (χ3v) is 2.95. The van der Waals surface area contributed by atoms with Gasteiger partial charge in [0, 0.05) is 5.56 Å². The monoisotopic (exact) mass is 316 g/mol. The Balaban J connectivity index is 0.00000176. The van der Waals surface area contributed by atoms with E-state index in [0.717, 1.165) is 11.3 Å². The van der Waals surface area contributed by atoms with Gasteiger partial charge in [0.1, 0.15) is 23.1 Å². The summed E-state index contributed by atoms with van der Waals surface area (Å²) in [5, 5.41) is 0. The highest BCUT2D eigenvalue weighted by molar-refractivity contribution is 5.85. The second-order valence-electron chi connectivity index (χ2n) is 4.53. The van der Waals surface area contributed by atoms with E-state index in [4.69, 9.17) is 10.5 Å². The molecule has 0 spiro atoms. The minimum atomic E-state index is -0.292. The molecule has 0 saturated heterocycles. The van der Waals surface area contributed by atoms with Crippen molar-refractivity contribution in [2.45, 2.75) is 0 Å². The molecule has 0 saturated carbocycles. The number of pyridine rings is 1. The van der Waals surface area contributed by atoms with Crippen molar-refractivity contribution in [1.82, 2.24) is 4.98 Å². The molecular formula is C17H14ClFN2O. The minimum absolute atomic E-state index is 0. The quantitative estimate of drug-likeness (QED) is 0.763. The van der Waals surface area contributed by atoms with Crippen molar-refractivity contribution in [3.05, 3.63) is 72.5 Å². The molecular weight excluding hydrogens is 303 g/mol. The molecule has 3 rings (SSSR count). The van der Waals surface area contributed by atoms with Crippen LogP contribution in [-0.4, -0.2) is 4.98 Å². The maximum Gasteiger partial charge on any atom is 0.128 e. The molecule has 2 N–H and O–H groups in total. The van der Waals surface area contributed by atoms with Gasteiger partial charge in [0.2, 0.25) is 0 Å². The Morgan fingerprint density at radius 1 is 0.864 bits per heavy atom. The number of benzene rings is 2. The Hall–Kier alpha value is -2.59. The fourth-order valence-electron chi connectivity index (χ4n) is 1.97. The van der Waals surface area contributed by atoms with Gasteiger partial charge < -0.3 is 10.5 Å². The minimum Gasteiger partial charge on any atom is -0.457 e. The van der Waals surface area contributed by atoms with Crippen LogP contribution < -0.4 is 10.5 Å². The topological polar surface area (TPSA) is 48.1 Å². The van der Waals surface area contributed by atoms with Crippen LogP contribution in [-0.2, 0) is 0 Å². The van der Waals surface area contributed by atoms with Gasteiger partial charge in [-0.25, -0.2) is 9.37 Å². The van der Waals surface area contributed by atoms with Crippen LogP contribution in [0.3, 0.4) is 0 Å². The van der Waals surface area contributed by atoms with Crippen LogP contribution in [0, 0.1) is 5.82 Å². The molecule has 0 bridgehead atoms. The van der Waals surface area contributed by atoms with Crippen molar-refractivity contribution in [3.8, 4) is 22.8 Å². The third-order valence-electron chi connectivity index (χ3n) is 2.95. The van der Waals surface area contributed by atoms with Crippen LogP contribution in [0.1, 0.15) is 0 Å². The van der Waals surface area contributed by atoms with Crippen molar-refractivity contribution >= 4 is 18.2 Å². The van der Waals surface area contributed by atoms with E-state index in [0.29, 0.717) is 17.3 Å². The van der Waals surface area contributed by atoms with Crippen LogP contribution in [0.2, 0.25) is 0 Å². The lowest BCUT2D eigenvalue weighted by molar-refractivity contribution is 0.481. The van der Waals surface area contributed by atoms with Crippen LogP contribution in [0.5, 0.6) is 11.5 Å². The van der Waals surface area contributed by atoms with Gasteiger partial charge in [-0.1, -0.05) is 18.2 Å². The van der Waals surface area contributed by atoms with Gasteiger partial charge in [-0.3, -0.25) is 0 Å². The van der Waals surface area contributed by atoms with Gasteiger partial charge in [0.05, 0.1) is 5.69 Å². The number of hydrogen-bond donors (Lipinski definition) is 1. The Morgan fingerprint density at radius 2 is 1.59 bits per heavy atom. The molecule has 0 aliphatic rings. The van der Waals surface area contributed by atoms with Gasteiger partial charge in [0.15, 0.2) is 0 Å². The van der Waals surface area contributed by atoms with E-state index in [2.05, 4.69) is 4.98 Å². The molecule has 1 aromatic heterocycles. The number of ether oxygens (including phenoxy) is 1. The zero-order valence-corrected chi connectivity index (χ0v) is 12.4. The zero-order valence-electron chi connectivity index (χ0n) is 11.6. The van der Waals surface area contributed by atoms with Gasteiger partial charge in [-0.05, 0) is 48.5 Å². The highest BCUT2D eigenvalue weighted by Gasteiger charge is 2.03. The molecule has 2 aromatic carbocycles. The number of anilines is 1. The largest absolute Gasteiger partial charge is 0.457 e. The number of aromatic nitrogens is 1. The SMILES string of the molecule is Cl.Nc1cccc(-c2cccc(Oc3ccc(F)cc3)c2)n1. The predicted molar refractivity (Wildman–Crippen MR) is 87.8 cm³/mol. The number of nitrogens with two attached hydrogens (primary N) is 1. The molecule has 0 amide bonds. The number of rotatable bonds is 3. The highest BCUT2D eigenvalue weighted by atomic mass is 35.5. The normalized spacial score (nSPS) is 9.86. The Labute approximate surface area is 134 Å². The molecule has 0 unspecified atom stereocenters. The summed E-state index contributed by atoms with van der Waals surface area (Å²) in [6, 6.07) is 18.9. The first-order chi connectivity index (χ1) is 10.2. The Bertz CT molecular complexity index is 763. The van der Waals surface area contributed by atoms with E-state index in [1.165, 1.54) is 12.1 Å². The van der Waals surface area contributed by atoms with E-state index in [-0.39, 0.29) is 18.2 Å². The third kappa shape index (κ3) is 3.74. The smallest absolute Gasteiger partial charge is 0.128 e. The van der Waals surface area contributed by atoms with E-state index < -0.39 is 0 Å². The first-order valence-electron chi connectivity index (χ1n) is 6.47. The lowest BCUT2D eigenvalue weighted by atomic mass is 10.1. The Kier molecular flexibility index (Phi) is 4.96. The lowest BCUT2D eigenvalue weighted by Crippen LogP contribution is -1.91. The Morgan fingerprint density at radius 3 is 2.32 bits per heavy atom. The molecule has 0 atom stereocenters. The molecule has 0 aliphatic carbocycles. The highest BCUT2D eigenvalue weighted by Crippen LogP contribution is 2.26. The predicted octanol–water partition coefficient (Wildman–Crippen LogP) is 4.68. The fraction of sp³-hybridized carbons (Fsp3) is 0.